The quantitative estimate of drug-likeness (QED) is 0.149. The number of ether oxygens (including phenoxy) is 1. The number of fused-ring (bicyclic) bond motifs is 4. The van der Waals surface area contributed by atoms with Gasteiger partial charge in [-0.25, -0.2) is 9.18 Å². The number of imidazole rings is 1. The highest BCUT2D eigenvalue weighted by atomic mass is 35.5. The topological polar surface area (TPSA) is 195 Å². The number of primary amides is 1. The van der Waals surface area contributed by atoms with Crippen molar-refractivity contribution in [2.24, 2.45) is 18.7 Å². The van der Waals surface area contributed by atoms with Crippen molar-refractivity contribution in [3.8, 4) is 0 Å². The number of amides is 5. The van der Waals surface area contributed by atoms with Crippen LogP contribution in [0.3, 0.4) is 0 Å². The number of esters is 1. The Morgan fingerprint density at radius 2 is 1.62 bits per heavy atom. The lowest BCUT2D eigenvalue weighted by Gasteiger charge is -2.54. The summed E-state index contributed by atoms with van der Waals surface area (Å²) in [6.45, 7) is 0.472. The molecular formula is C50H54Cl2FN7O8. The van der Waals surface area contributed by atoms with Crippen LogP contribution < -0.4 is 22.1 Å². The molecule has 2 spiro atoms. The van der Waals surface area contributed by atoms with Crippen LogP contribution in [0.15, 0.2) is 59.4 Å². The van der Waals surface area contributed by atoms with E-state index in [9.17, 15) is 28.8 Å². The molecule has 4 aliphatic heterocycles. The van der Waals surface area contributed by atoms with Gasteiger partial charge in [0.15, 0.2) is 0 Å². The Morgan fingerprint density at radius 1 is 0.868 bits per heavy atom. The molecule has 1 aromatic heterocycles. The summed E-state index contributed by atoms with van der Waals surface area (Å²) in [6.07, 6.45) is 6.46. The van der Waals surface area contributed by atoms with Gasteiger partial charge in [-0.05, 0) is 98.4 Å². The largest absolute Gasteiger partial charge is 0.468 e. The van der Waals surface area contributed by atoms with E-state index in [4.69, 9.17) is 33.7 Å². The minimum Gasteiger partial charge on any atom is -0.468 e. The van der Waals surface area contributed by atoms with Gasteiger partial charge in [0.1, 0.15) is 17.3 Å². The molecule has 6 aliphatic rings. The van der Waals surface area contributed by atoms with Crippen molar-refractivity contribution in [3.05, 3.63) is 97.6 Å². The Bertz CT molecular complexity index is 2870. The zero-order valence-corrected chi connectivity index (χ0v) is 39.5. The second kappa shape index (κ2) is 17.1. The van der Waals surface area contributed by atoms with Crippen molar-refractivity contribution in [1.82, 2.24) is 24.3 Å². The third-order valence-corrected chi connectivity index (χ3v) is 17.2. The number of piperidine rings is 2. The lowest BCUT2D eigenvalue weighted by Crippen LogP contribution is -2.64. The molecule has 15 nitrogen and oxygen atoms in total. The number of hydrogen-bond donors (Lipinski definition) is 3. The zero-order valence-electron chi connectivity index (χ0n) is 38.0. The zero-order chi connectivity index (χ0) is 48.0. The molecule has 6 atom stereocenters. The number of hydrogen-bond acceptors (Lipinski definition) is 9. The molecule has 5 heterocycles. The number of anilines is 1. The number of methoxy groups -OCH3 is 1. The molecule has 68 heavy (non-hydrogen) atoms. The number of nitrogens with two attached hydrogens (primary N) is 1. The number of benzene rings is 3. The lowest BCUT2D eigenvalue weighted by molar-refractivity contribution is -0.153. The Hall–Kier alpha value is -5.58. The van der Waals surface area contributed by atoms with Gasteiger partial charge in [0.25, 0.3) is 0 Å². The van der Waals surface area contributed by atoms with Crippen LogP contribution in [-0.4, -0.2) is 92.3 Å². The number of nitrogens with one attached hydrogen (secondary N) is 2. The van der Waals surface area contributed by atoms with Crippen LogP contribution in [0.2, 0.25) is 10.0 Å². The van der Waals surface area contributed by atoms with E-state index in [1.54, 1.807) is 54.4 Å². The van der Waals surface area contributed by atoms with Gasteiger partial charge < -0.3 is 20.7 Å². The van der Waals surface area contributed by atoms with Crippen LogP contribution in [-0.2, 0) is 51.4 Å². The molecule has 2 unspecified atom stereocenters. The average molecular weight is 971 g/mol. The summed E-state index contributed by atoms with van der Waals surface area (Å²) in [7, 11) is 2.92. The van der Waals surface area contributed by atoms with Crippen LogP contribution in [0.4, 0.5) is 10.1 Å². The average Bonchev–Trinajstić information content (AvgIpc) is 3.87. The van der Waals surface area contributed by atoms with E-state index in [0.29, 0.717) is 71.4 Å². The Kier molecular flexibility index (Phi) is 11.6. The van der Waals surface area contributed by atoms with Crippen LogP contribution in [0, 0.1) is 11.7 Å². The van der Waals surface area contributed by atoms with Gasteiger partial charge in [-0.3, -0.25) is 48.1 Å². The first-order valence-electron chi connectivity index (χ1n) is 23.6. The molecule has 5 fully saturated rings. The van der Waals surface area contributed by atoms with Crippen molar-refractivity contribution >= 4 is 75.4 Å². The number of likely N-dealkylation sites (tertiary alicyclic amines) is 2. The van der Waals surface area contributed by atoms with E-state index in [2.05, 4.69) is 15.5 Å². The van der Waals surface area contributed by atoms with Crippen molar-refractivity contribution in [3.63, 3.8) is 0 Å². The van der Waals surface area contributed by atoms with E-state index in [1.165, 1.54) is 22.3 Å². The maximum absolute atomic E-state index is 16.7. The summed E-state index contributed by atoms with van der Waals surface area (Å²) < 4.78 is 24.9. The molecule has 3 saturated heterocycles. The predicted molar refractivity (Wildman–Crippen MR) is 250 cm³/mol. The van der Waals surface area contributed by atoms with E-state index in [1.807, 2.05) is 6.07 Å². The summed E-state index contributed by atoms with van der Waals surface area (Å²) in [4.78, 5) is 101. The summed E-state index contributed by atoms with van der Waals surface area (Å²) in [5.41, 5.74) is 5.32. The van der Waals surface area contributed by atoms with Gasteiger partial charge in [0.05, 0.1) is 34.6 Å². The number of nitrogens with zero attached hydrogens (tertiary/aromatic N) is 4. The molecule has 10 rings (SSSR count). The molecule has 3 aromatic carbocycles. The SMILES string of the molecule is COC(=O)C1(c2ccc3c(c2)n(C)c(=O)n3C2CCC(=O)NC2=O)CCN(C(=O)[C@H]2CCCC(N3[C@@H](C(N)=O)[C@H](c4cccc(Cl)c4F)[C@]4(C(=O)Nc5cc(Cl)ccc54)C34CCCCC4)C2)CC1. The third kappa shape index (κ3) is 6.70. The fourth-order valence-corrected chi connectivity index (χ4v) is 14.1. The molecule has 0 bridgehead atoms. The minimum atomic E-state index is -1.47. The smallest absolute Gasteiger partial charge is 0.329 e. The predicted octanol–water partition coefficient (Wildman–Crippen LogP) is 5.90. The van der Waals surface area contributed by atoms with E-state index >= 15 is 9.18 Å². The third-order valence-electron chi connectivity index (χ3n) is 16.7. The molecule has 4 N–H and O–H groups in total. The Morgan fingerprint density at radius 3 is 2.32 bits per heavy atom. The second-order valence-electron chi connectivity index (χ2n) is 19.7. The number of aromatic nitrogens is 2. The molecule has 18 heteroatoms. The van der Waals surface area contributed by atoms with Crippen molar-refractivity contribution < 1.29 is 37.9 Å². The standard InChI is InChI=1S/C50H54Cl2FN7O8/c1-57-37-25-28(12-15-35(37)59(47(57)67)36-16-17-38(61)56-43(36)63)48(46(66)68-2)20-22-58(23-21-48)44(64)27-8-6-9-30(24-27)60-41(42(54)62)39(31-10-7-11-33(52)40(31)53)50(49(60)18-4-3-5-19-49)32-14-13-29(51)26-34(32)55-45(50)65/h7,10-15,25-27,30,36,39,41H,3-6,8-9,16-24H2,1-2H3,(H2,54,62)(H,55,65)(H,56,61,63)/t27-,30?,36?,39-,41+,50+/m0/s1. The molecule has 358 valence electrons. The highest BCUT2D eigenvalue weighted by molar-refractivity contribution is 6.31. The number of carbonyl (C=O) groups is 6. The molecule has 5 amide bonds. The fourth-order valence-electron chi connectivity index (χ4n) is 13.8. The van der Waals surface area contributed by atoms with Gasteiger partial charge in [-0.2, -0.15) is 0 Å². The van der Waals surface area contributed by atoms with Crippen molar-refractivity contribution in [2.75, 3.05) is 25.5 Å². The number of carbonyl (C=O) groups excluding carboxylic acids is 6. The van der Waals surface area contributed by atoms with E-state index < -0.39 is 75.5 Å². The molecule has 4 aromatic rings. The summed E-state index contributed by atoms with van der Waals surface area (Å²) in [5, 5.41) is 5.70. The molecule has 2 aliphatic carbocycles. The van der Waals surface area contributed by atoms with Crippen LogP contribution in [0.25, 0.3) is 11.0 Å². The first-order valence-corrected chi connectivity index (χ1v) is 24.4. The van der Waals surface area contributed by atoms with Gasteiger partial charge >= 0.3 is 11.7 Å². The summed E-state index contributed by atoms with van der Waals surface area (Å²) in [5.74, 6) is -4.79. The van der Waals surface area contributed by atoms with E-state index in [-0.39, 0.29) is 67.2 Å². The van der Waals surface area contributed by atoms with Crippen molar-refractivity contribution in [1.29, 1.82) is 0 Å². The highest BCUT2D eigenvalue weighted by Gasteiger charge is 2.76. The monoisotopic (exact) mass is 969 g/mol. The van der Waals surface area contributed by atoms with Crippen LogP contribution in [0.5, 0.6) is 0 Å². The van der Waals surface area contributed by atoms with Gasteiger partial charge in [0, 0.05) is 60.7 Å². The van der Waals surface area contributed by atoms with Crippen molar-refractivity contribution in [2.45, 2.75) is 124 Å². The molecule has 0 radical (unpaired) electrons. The second-order valence-corrected chi connectivity index (χ2v) is 20.6. The number of rotatable bonds is 7. The molecule has 2 saturated carbocycles. The Balaban J connectivity index is 0.970. The number of aryl methyl sites for hydroxylation is 1. The van der Waals surface area contributed by atoms with Crippen LogP contribution >= 0.6 is 23.2 Å². The lowest BCUT2D eigenvalue weighted by atomic mass is 9.55. The minimum absolute atomic E-state index is 0.0782. The Labute approximate surface area is 401 Å². The van der Waals surface area contributed by atoms with Gasteiger partial charge in [-0.1, -0.05) is 73.2 Å². The number of imide groups is 1. The first-order chi connectivity index (χ1) is 32.6. The fraction of sp³-hybridized carbons (Fsp3) is 0.500. The maximum Gasteiger partial charge on any atom is 0.329 e. The molecular weight excluding hydrogens is 916 g/mol. The van der Waals surface area contributed by atoms with Crippen LogP contribution in [0.1, 0.15) is 112 Å². The number of halogens is 3. The summed E-state index contributed by atoms with van der Waals surface area (Å²) >= 11 is 13.0. The van der Waals surface area contributed by atoms with Gasteiger partial charge in [-0.15, -0.1) is 0 Å². The summed E-state index contributed by atoms with van der Waals surface area (Å²) in [6, 6.07) is 12.8. The first kappa shape index (κ1) is 46.2. The highest BCUT2D eigenvalue weighted by Crippen LogP contribution is 2.67. The van der Waals surface area contributed by atoms with E-state index in [0.717, 1.165) is 19.3 Å². The normalized spacial score (nSPS) is 27.9. The van der Waals surface area contributed by atoms with Gasteiger partial charge in [0.2, 0.25) is 29.5 Å². The maximum atomic E-state index is 16.7.